The van der Waals surface area contributed by atoms with Gasteiger partial charge in [-0.15, -0.1) is 0 Å². The topological polar surface area (TPSA) is 32.3 Å². The molecule has 2 fully saturated rings. The van der Waals surface area contributed by atoms with E-state index < -0.39 is 0 Å². The summed E-state index contributed by atoms with van der Waals surface area (Å²) in [6.45, 7) is 8.64. The molecular formula is C18H26N2O. The van der Waals surface area contributed by atoms with E-state index in [2.05, 4.69) is 62.2 Å². The molecule has 0 spiro atoms. The van der Waals surface area contributed by atoms with E-state index in [0.717, 1.165) is 12.8 Å². The van der Waals surface area contributed by atoms with E-state index in [0.29, 0.717) is 17.9 Å². The summed E-state index contributed by atoms with van der Waals surface area (Å²) in [6, 6.07) is 9.08. The fourth-order valence-electron chi connectivity index (χ4n) is 3.32. The van der Waals surface area contributed by atoms with Crippen LogP contribution in [0.15, 0.2) is 24.3 Å². The number of amides is 1. The first-order valence-corrected chi connectivity index (χ1v) is 8.20. The third-order valence-corrected chi connectivity index (χ3v) is 4.93. The van der Waals surface area contributed by atoms with Crippen molar-refractivity contribution in [1.29, 1.82) is 0 Å². The SMILES string of the molecule is CCc1ccc(C2NC(C(C)C)C(=O)N2C2CC2C)cc1. The minimum absolute atomic E-state index is 0.0470. The Balaban J connectivity index is 1.88. The molecule has 114 valence electrons. The Labute approximate surface area is 127 Å². The van der Waals surface area contributed by atoms with Crippen LogP contribution in [0.3, 0.4) is 0 Å². The van der Waals surface area contributed by atoms with Crippen LogP contribution in [0, 0.1) is 11.8 Å². The average molecular weight is 286 g/mol. The van der Waals surface area contributed by atoms with Gasteiger partial charge in [-0.2, -0.15) is 0 Å². The first-order chi connectivity index (χ1) is 10.0. The first-order valence-electron chi connectivity index (χ1n) is 8.20. The molecule has 1 aliphatic carbocycles. The maximum Gasteiger partial charge on any atom is 0.241 e. The fraction of sp³-hybridized carbons (Fsp3) is 0.611. The molecule has 0 radical (unpaired) electrons. The van der Waals surface area contributed by atoms with Crippen molar-refractivity contribution in [3.05, 3.63) is 35.4 Å². The third-order valence-electron chi connectivity index (χ3n) is 4.93. The Morgan fingerprint density at radius 1 is 1.29 bits per heavy atom. The zero-order chi connectivity index (χ0) is 15.1. The smallest absolute Gasteiger partial charge is 0.241 e. The van der Waals surface area contributed by atoms with E-state index in [1.54, 1.807) is 0 Å². The Kier molecular flexibility index (Phi) is 3.78. The van der Waals surface area contributed by atoms with Crippen LogP contribution < -0.4 is 5.32 Å². The van der Waals surface area contributed by atoms with Crippen LogP contribution in [0.4, 0.5) is 0 Å². The summed E-state index contributed by atoms with van der Waals surface area (Å²) in [6.07, 6.45) is 2.24. The van der Waals surface area contributed by atoms with Gasteiger partial charge in [0.05, 0.1) is 6.04 Å². The van der Waals surface area contributed by atoms with Crippen molar-refractivity contribution in [2.75, 3.05) is 0 Å². The molecule has 1 saturated carbocycles. The molecule has 1 N–H and O–H groups in total. The monoisotopic (exact) mass is 286 g/mol. The minimum atomic E-state index is -0.0475. The number of rotatable bonds is 4. The molecule has 3 nitrogen and oxygen atoms in total. The van der Waals surface area contributed by atoms with Gasteiger partial charge >= 0.3 is 0 Å². The van der Waals surface area contributed by atoms with Crippen LogP contribution in [0.25, 0.3) is 0 Å². The van der Waals surface area contributed by atoms with Crippen molar-refractivity contribution in [3.63, 3.8) is 0 Å². The van der Waals surface area contributed by atoms with Crippen LogP contribution >= 0.6 is 0 Å². The van der Waals surface area contributed by atoms with Crippen LogP contribution in [-0.2, 0) is 11.2 Å². The van der Waals surface area contributed by atoms with Gasteiger partial charge in [0, 0.05) is 6.04 Å². The van der Waals surface area contributed by atoms with Crippen LogP contribution in [0.5, 0.6) is 0 Å². The van der Waals surface area contributed by atoms with Gasteiger partial charge in [-0.1, -0.05) is 52.0 Å². The normalized spacial score (nSPS) is 32.0. The van der Waals surface area contributed by atoms with Gasteiger partial charge in [-0.3, -0.25) is 10.1 Å². The molecule has 1 aromatic rings. The highest BCUT2D eigenvalue weighted by Gasteiger charge is 2.50. The van der Waals surface area contributed by atoms with Crippen molar-refractivity contribution in [1.82, 2.24) is 10.2 Å². The van der Waals surface area contributed by atoms with Crippen molar-refractivity contribution >= 4 is 5.91 Å². The molecule has 3 rings (SSSR count). The van der Waals surface area contributed by atoms with Gasteiger partial charge in [0.1, 0.15) is 6.17 Å². The summed E-state index contributed by atoms with van der Waals surface area (Å²) in [7, 11) is 0. The van der Waals surface area contributed by atoms with Gasteiger partial charge in [0.25, 0.3) is 0 Å². The van der Waals surface area contributed by atoms with E-state index in [1.807, 2.05) is 0 Å². The highest BCUT2D eigenvalue weighted by atomic mass is 16.2. The Hall–Kier alpha value is -1.35. The quantitative estimate of drug-likeness (QED) is 0.922. The second-order valence-electron chi connectivity index (χ2n) is 6.91. The number of nitrogens with zero attached hydrogens (tertiary/aromatic N) is 1. The second-order valence-corrected chi connectivity index (χ2v) is 6.91. The molecule has 3 heteroatoms. The lowest BCUT2D eigenvalue weighted by Gasteiger charge is -2.25. The molecular weight excluding hydrogens is 260 g/mol. The van der Waals surface area contributed by atoms with Crippen molar-refractivity contribution in [2.45, 2.75) is 58.8 Å². The zero-order valence-corrected chi connectivity index (χ0v) is 13.5. The lowest BCUT2D eigenvalue weighted by Crippen LogP contribution is -2.35. The average Bonchev–Trinajstić information content (AvgIpc) is 3.08. The maximum absolute atomic E-state index is 12.7. The van der Waals surface area contributed by atoms with E-state index in [9.17, 15) is 4.79 Å². The van der Waals surface area contributed by atoms with Crippen LogP contribution in [-0.4, -0.2) is 22.9 Å². The molecule has 1 aliphatic heterocycles. The van der Waals surface area contributed by atoms with Crippen molar-refractivity contribution < 1.29 is 4.79 Å². The number of benzene rings is 1. The molecule has 0 aromatic heterocycles. The summed E-state index contributed by atoms with van der Waals surface area (Å²) < 4.78 is 0. The number of carbonyl (C=O) groups excluding carboxylic acids is 1. The maximum atomic E-state index is 12.7. The van der Waals surface area contributed by atoms with Crippen LogP contribution in [0.2, 0.25) is 0 Å². The molecule has 1 saturated heterocycles. The summed E-state index contributed by atoms with van der Waals surface area (Å²) >= 11 is 0. The minimum Gasteiger partial charge on any atom is -0.318 e. The zero-order valence-electron chi connectivity index (χ0n) is 13.5. The van der Waals surface area contributed by atoms with Crippen LogP contribution in [0.1, 0.15) is 51.4 Å². The Morgan fingerprint density at radius 3 is 2.38 bits per heavy atom. The highest BCUT2D eigenvalue weighted by molar-refractivity contribution is 5.85. The fourth-order valence-corrected chi connectivity index (χ4v) is 3.32. The molecule has 4 unspecified atom stereocenters. The van der Waals surface area contributed by atoms with Gasteiger partial charge in [-0.25, -0.2) is 0 Å². The predicted octanol–water partition coefficient (Wildman–Crippen LogP) is 3.11. The molecule has 4 atom stereocenters. The third kappa shape index (κ3) is 2.59. The lowest BCUT2D eigenvalue weighted by atomic mass is 10.0. The molecule has 1 amide bonds. The summed E-state index contributed by atoms with van der Waals surface area (Å²) in [5.41, 5.74) is 2.55. The van der Waals surface area contributed by atoms with E-state index in [4.69, 9.17) is 0 Å². The number of nitrogens with one attached hydrogen (secondary N) is 1. The van der Waals surface area contributed by atoms with Crippen molar-refractivity contribution in [3.8, 4) is 0 Å². The second kappa shape index (κ2) is 5.45. The lowest BCUT2D eigenvalue weighted by molar-refractivity contribution is -0.131. The summed E-state index contributed by atoms with van der Waals surface area (Å²) in [5, 5.41) is 3.56. The molecule has 21 heavy (non-hydrogen) atoms. The molecule has 1 heterocycles. The Morgan fingerprint density at radius 2 is 1.90 bits per heavy atom. The number of hydrogen-bond acceptors (Lipinski definition) is 2. The predicted molar refractivity (Wildman–Crippen MR) is 84.7 cm³/mol. The number of aryl methyl sites for hydroxylation is 1. The largest absolute Gasteiger partial charge is 0.318 e. The highest BCUT2D eigenvalue weighted by Crippen LogP contribution is 2.42. The van der Waals surface area contributed by atoms with E-state index in [1.165, 1.54) is 11.1 Å². The Bertz CT molecular complexity index is 523. The van der Waals surface area contributed by atoms with E-state index >= 15 is 0 Å². The first kappa shape index (κ1) is 14.6. The number of hydrogen-bond donors (Lipinski definition) is 1. The van der Waals surface area contributed by atoms with Gasteiger partial charge in [0.2, 0.25) is 5.91 Å². The summed E-state index contributed by atoms with van der Waals surface area (Å²) in [5.74, 6) is 1.25. The van der Waals surface area contributed by atoms with Gasteiger partial charge in [0.15, 0.2) is 0 Å². The summed E-state index contributed by atoms with van der Waals surface area (Å²) in [4.78, 5) is 14.9. The van der Waals surface area contributed by atoms with Gasteiger partial charge < -0.3 is 4.90 Å². The van der Waals surface area contributed by atoms with Crippen molar-refractivity contribution in [2.24, 2.45) is 11.8 Å². The molecule has 2 aliphatic rings. The number of carbonyl (C=O) groups is 1. The van der Waals surface area contributed by atoms with Gasteiger partial charge in [-0.05, 0) is 35.8 Å². The molecule has 1 aromatic carbocycles. The van der Waals surface area contributed by atoms with E-state index in [-0.39, 0.29) is 18.1 Å². The standard InChI is InChI=1S/C18H26N2O/c1-5-13-6-8-14(9-7-13)17-19-16(11(2)3)18(21)20(17)15-10-12(15)4/h6-9,11-12,15-17,19H,5,10H2,1-4H3. The molecule has 0 bridgehead atoms.